The highest BCUT2D eigenvalue weighted by molar-refractivity contribution is 8.01. The van der Waals surface area contributed by atoms with Crippen molar-refractivity contribution in [3.8, 4) is 0 Å². The minimum Gasteiger partial charge on any atom is -0.481 e. The average Bonchev–Trinajstić information content (AvgIpc) is 2.86. The maximum absolute atomic E-state index is 12.2. The predicted molar refractivity (Wildman–Crippen MR) is 78.0 cm³/mol. The molecule has 2 N–H and O–H groups in total. The molecule has 0 aliphatic heterocycles. The van der Waals surface area contributed by atoms with Crippen molar-refractivity contribution in [3.63, 3.8) is 0 Å². The number of carboxylic acid groups (broad SMARTS) is 1. The molecule has 6 nitrogen and oxygen atoms in total. The number of carboxylic acids is 1. The molecule has 110 valence electrons. The van der Waals surface area contributed by atoms with Gasteiger partial charge in [-0.25, -0.2) is 0 Å². The van der Waals surface area contributed by atoms with Gasteiger partial charge in [0.2, 0.25) is 11.0 Å². The third-order valence-corrected chi connectivity index (χ3v) is 5.18. The summed E-state index contributed by atoms with van der Waals surface area (Å²) in [6, 6.07) is 0. The zero-order valence-corrected chi connectivity index (χ0v) is 12.8. The van der Waals surface area contributed by atoms with Crippen LogP contribution in [-0.2, 0) is 9.59 Å². The Labute approximate surface area is 125 Å². The van der Waals surface area contributed by atoms with Crippen LogP contribution in [-0.4, -0.2) is 32.9 Å². The Bertz CT molecular complexity index is 492. The van der Waals surface area contributed by atoms with Crippen molar-refractivity contribution < 1.29 is 14.7 Å². The summed E-state index contributed by atoms with van der Waals surface area (Å²) in [4.78, 5) is 23.4. The van der Waals surface area contributed by atoms with Gasteiger partial charge in [-0.05, 0) is 18.6 Å². The summed E-state index contributed by atoms with van der Waals surface area (Å²) in [6.07, 6.45) is 2.96. The Balaban J connectivity index is 2.00. The van der Waals surface area contributed by atoms with Crippen molar-refractivity contribution in [2.24, 2.45) is 11.8 Å². The van der Waals surface area contributed by atoms with Gasteiger partial charge in [-0.1, -0.05) is 42.9 Å². The number of anilines is 1. The first-order valence-electron chi connectivity index (χ1n) is 6.61. The summed E-state index contributed by atoms with van der Waals surface area (Å²) < 4.78 is 0.807. The number of amides is 1. The normalized spacial score (nSPS) is 22.4. The maximum Gasteiger partial charge on any atom is 0.307 e. The molecule has 2 rings (SSSR count). The largest absolute Gasteiger partial charge is 0.481 e. The van der Waals surface area contributed by atoms with Crippen LogP contribution in [0.4, 0.5) is 5.13 Å². The van der Waals surface area contributed by atoms with E-state index in [1.165, 1.54) is 11.3 Å². The molecular formula is C12H17N3O3S2. The van der Waals surface area contributed by atoms with E-state index >= 15 is 0 Å². The van der Waals surface area contributed by atoms with Gasteiger partial charge in [0, 0.05) is 0 Å². The van der Waals surface area contributed by atoms with E-state index in [1.807, 2.05) is 6.92 Å². The number of hydrogen-bond donors (Lipinski definition) is 2. The summed E-state index contributed by atoms with van der Waals surface area (Å²) >= 11 is 2.88. The number of thioether (sulfide) groups is 1. The Morgan fingerprint density at radius 3 is 2.70 bits per heavy atom. The van der Waals surface area contributed by atoms with Crippen LogP contribution in [0, 0.1) is 11.8 Å². The van der Waals surface area contributed by atoms with Crippen LogP contribution in [0.3, 0.4) is 0 Å². The number of aliphatic carboxylic acids is 1. The summed E-state index contributed by atoms with van der Waals surface area (Å²) in [5, 5.41) is 20.2. The van der Waals surface area contributed by atoms with Gasteiger partial charge in [0.15, 0.2) is 4.34 Å². The third kappa shape index (κ3) is 3.69. The molecule has 1 amide bonds. The van der Waals surface area contributed by atoms with Crippen LogP contribution in [0.2, 0.25) is 0 Å². The van der Waals surface area contributed by atoms with E-state index in [9.17, 15) is 14.7 Å². The van der Waals surface area contributed by atoms with E-state index in [0.29, 0.717) is 18.0 Å². The minimum absolute atomic E-state index is 0.249. The molecule has 2 unspecified atom stereocenters. The zero-order valence-electron chi connectivity index (χ0n) is 11.2. The molecule has 0 bridgehead atoms. The van der Waals surface area contributed by atoms with E-state index in [2.05, 4.69) is 15.5 Å². The van der Waals surface area contributed by atoms with Crippen LogP contribution in [0.1, 0.15) is 32.6 Å². The van der Waals surface area contributed by atoms with Gasteiger partial charge in [-0.2, -0.15) is 0 Å². The summed E-state index contributed by atoms with van der Waals surface area (Å²) in [7, 11) is 0. The molecule has 1 aromatic heterocycles. The van der Waals surface area contributed by atoms with Crippen LogP contribution >= 0.6 is 23.1 Å². The second-order valence-corrected chi connectivity index (χ2v) is 7.12. The van der Waals surface area contributed by atoms with Crippen molar-refractivity contribution in [1.82, 2.24) is 10.2 Å². The highest BCUT2D eigenvalue weighted by Crippen LogP contribution is 2.32. The lowest BCUT2D eigenvalue weighted by Crippen LogP contribution is -2.36. The van der Waals surface area contributed by atoms with Gasteiger partial charge in [-0.15, -0.1) is 10.2 Å². The van der Waals surface area contributed by atoms with Gasteiger partial charge in [0.25, 0.3) is 0 Å². The standard InChI is InChI=1S/C12H17N3O3S2/c1-2-19-12-15-14-11(20-12)13-9(16)7-5-3-4-6-8(7)10(17)18/h7-8H,2-6H2,1H3,(H,17,18)(H,13,14,16). The van der Waals surface area contributed by atoms with Gasteiger partial charge in [0.05, 0.1) is 11.8 Å². The van der Waals surface area contributed by atoms with Crippen LogP contribution in [0.5, 0.6) is 0 Å². The summed E-state index contributed by atoms with van der Waals surface area (Å²) in [5.74, 6) is -1.29. The van der Waals surface area contributed by atoms with E-state index in [1.54, 1.807) is 11.8 Å². The van der Waals surface area contributed by atoms with Gasteiger partial charge in [-0.3, -0.25) is 9.59 Å². The van der Waals surface area contributed by atoms with Crippen molar-refractivity contribution in [2.75, 3.05) is 11.1 Å². The zero-order chi connectivity index (χ0) is 14.5. The summed E-state index contributed by atoms with van der Waals surface area (Å²) in [6.45, 7) is 2.02. The van der Waals surface area contributed by atoms with Crippen LogP contribution in [0.15, 0.2) is 4.34 Å². The first-order chi connectivity index (χ1) is 9.61. The number of carbonyl (C=O) groups is 2. The molecule has 1 aliphatic rings. The number of nitrogens with zero attached hydrogens (tertiary/aromatic N) is 2. The van der Waals surface area contributed by atoms with E-state index < -0.39 is 17.8 Å². The smallest absolute Gasteiger partial charge is 0.307 e. The number of aromatic nitrogens is 2. The lowest BCUT2D eigenvalue weighted by atomic mass is 9.79. The van der Waals surface area contributed by atoms with E-state index in [4.69, 9.17) is 0 Å². The van der Waals surface area contributed by atoms with Crippen molar-refractivity contribution in [2.45, 2.75) is 36.9 Å². The molecule has 1 fully saturated rings. The number of nitrogens with one attached hydrogen (secondary N) is 1. The number of carbonyl (C=O) groups excluding carboxylic acids is 1. The number of hydrogen-bond acceptors (Lipinski definition) is 6. The molecule has 2 atom stereocenters. The van der Waals surface area contributed by atoms with Gasteiger partial charge >= 0.3 is 5.97 Å². The fourth-order valence-electron chi connectivity index (χ4n) is 2.38. The fourth-order valence-corrected chi connectivity index (χ4v) is 4.03. The van der Waals surface area contributed by atoms with Crippen LogP contribution in [0.25, 0.3) is 0 Å². The van der Waals surface area contributed by atoms with Gasteiger partial charge < -0.3 is 10.4 Å². The Kier molecular flexibility index (Phi) is 5.36. The first kappa shape index (κ1) is 15.2. The highest BCUT2D eigenvalue weighted by atomic mass is 32.2. The van der Waals surface area contributed by atoms with E-state index in [0.717, 1.165) is 22.9 Å². The van der Waals surface area contributed by atoms with Crippen molar-refractivity contribution in [3.05, 3.63) is 0 Å². The lowest BCUT2D eigenvalue weighted by molar-refractivity contribution is -0.147. The average molecular weight is 315 g/mol. The van der Waals surface area contributed by atoms with Gasteiger partial charge in [0.1, 0.15) is 0 Å². The summed E-state index contributed by atoms with van der Waals surface area (Å²) in [5.41, 5.74) is 0. The fraction of sp³-hybridized carbons (Fsp3) is 0.667. The molecule has 1 aliphatic carbocycles. The molecular weight excluding hydrogens is 298 g/mol. The highest BCUT2D eigenvalue weighted by Gasteiger charge is 2.36. The molecule has 0 spiro atoms. The predicted octanol–water partition coefficient (Wildman–Crippen LogP) is 2.48. The SMILES string of the molecule is CCSc1nnc(NC(=O)C2CCCCC2C(=O)O)s1. The van der Waals surface area contributed by atoms with Crippen LogP contribution < -0.4 is 5.32 Å². The molecule has 0 aromatic carbocycles. The Morgan fingerprint density at radius 2 is 2.05 bits per heavy atom. The first-order valence-corrected chi connectivity index (χ1v) is 8.42. The lowest BCUT2D eigenvalue weighted by Gasteiger charge is -2.26. The maximum atomic E-state index is 12.2. The Morgan fingerprint density at radius 1 is 1.35 bits per heavy atom. The molecule has 0 saturated heterocycles. The molecule has 1 saturated carbocycles. The number of rotatable bonds is 5. The Hall–Kier alpha value is -1.15. The molecule has 1 aromatic rings. The van der Waals surface area contributed by atoms with E-state index in [-0.39, 0.29) is 5.91 Å². The third-order valence-electron chi connectivity index (χ3n) is 3.32. The second kappa shape index (κ2) is 7.03. The minimum atomic E-state index is -0.885. The quantitative estimate of drug-likeness (QED) is 0.640. The molecule has 20 heavy (non-hydrogen) atoms. The molecule has 8 heteroatoms. The van der Waals surface area contributed by atoms with Crippen molar-refractivity contribution >= 4 is 40.1 Å². The molecule has 0 radical (unpaired) electrons. The monoisotopic (exact) mass is 315 g/mol. The van der Waals surface area contributed by atoms with Crippen molar-refractivity contribution in [1.29, 1.82) is 0 Å². The second-order valence-electron chi connectivity index (χ2n) is 4.63. The topological polar surface area (TPSA) is 92.2 Å². The molecule has 1 heterocycles.